The third-order valence-corrected chi connectivity index (χ3v) is 7.81. The number of anilines is 1. The van der Waals surface area contributed by atoms with E-state index in [2.05, 4.69) is 29.9 Å². The summed E-state index contributed by atoms with van der Waals surface area (Å²) in [6.07, 6.45) is 6.18. The highest BCUT2D eigenvalue weighted by Crippen LogP contribution is 2.38. The van der Waals surface area contributed by atoms with Gasteiger partial charge in [0.25, 0.3) is 0 Å². The Hall–Kier alpha value is -4.26. The predicted molar refractivity (Wildman–Crippen MR) is 137 cm³/mol. The molecule has 13 heteroatoms. The molecule has 0 unspecified atom stereocenters. The van der Waals surface area contributed by atoms with Crippen molar-refractivity contribution in [2.24, 2.45) is 0 Å². The van der Waals surface area contributed by atoms with E-state index in [-0.39, 0.29) is 5.95 Å². The van der Waals surface area contributed by atoms with Gasteiger partial charge in [0.1, 0.15) is 17.2 Å². The van der Waals surface area contributed by atoms with E-state index < -0.39 is 21.2 Å². The fourth-order valence-corrected chi connectivity index (χ4v) is 4.94. The zero-order chi connectivity index (χ0) is 26.6. The molecule has 12 nitrogen and oxygen atoms in total. The number of nitrogens with one attached hydrogen (secondary N) is 1. The molecule has 0 bridgehead atoms. The van der Waals surface area contributed by atoms with Crippen LogP contribution in [0.25, 0.3) is 17.1 Å². The van der Waals surface area contributed by atoms with Gasteiger partial charge < -0.3 is 14.2 Å². The van der Waals surface area contributed by atoms with Gasteiger partial charge >= 0.3 is 0 Å². The molecule has 2 atom stereocenters. The minimum Gasteiger partial charge on any atom is -0.494 e. The minimum absolute atomic E-state index is 0.0403. The van der Waals surface area contributed by atoms with E-state index in [9.17, 15) is 8.42 Å². The van der Waals surface area contributed by atoms with E-state index in [0.29, 0.717) is 40.1 Å². The minimum atomic E-state index is -3.98. The number of benzene rings is 1. The average Bonchev–Trinajstić information content (AvgIpc) is 3.34. The Morgan fingerprint density at radius 2 is 1.62 bits per heavy atom. The first-order chi connectivity index (χ1) is 17.8. The summed E-state index contributed by atoms with van der Waals surface area (Å²) in [5.41, 5.74) is 1.54. The van der Waals surface area contributed by atoms with Gasteiger partial charge in [-0.15, -0.1) is 10.2 Å². The van der Waals surface area contributed by atoms with E-state index >= 15 is 0 Å². The first-order valence-corrected chi connectivity index (χ1v) is 12.8. The van der Waals surface area contributed by atoms with Gasteiger partial charge in [-0.1, -0.05) is 13.0 Å². The van der Waals surface area contributed by atoms with E-state index in [1.54, 1.807) is 56.6 Å². The summed E-state index contributed by atoms with van der Waals surface area (Å²) in [6, 6.07) is 8.77. The summed E-state index contributed by atoms with van der Waals surface area (Å²) in [7, 11) is 0.518. The highest BCUT2D eigenvalue weighted by Gasteiger charge is 2.32. The van der Waals surface area contributed by atoms with Crippen LogP contribution >= 0.6 is 0 Å². The summed E-state index contributed by atoms with van der Waals surface area (Å²) in [4.78, 5) is 12.6. The summed E-state index contributed by atoms with van der Waals surface area (Å²) in [5, 5.41) is 7.56. The Morgan fingerprint density at radius 1 is 0.892 bits per heavy atom. The highest BCUT2D eigenvalue weighted by atomic mass is 32.2. The number of methoxy groups -OCH3 is 3. The number of ether oxygens (including phenoxy) is 3. The summed E-state index contributed by atoms with van der Waals surface area (Å²) in [5.74, 6) is 1.01. The van der Waals surface area contributed by atoms with Gasteiger partial charge in [-0.25, -0.2) is 13.4 Å². The van der Waals surface area contributed by atoms with Gasteiger partial charge in [-0.2, -0.15) is 0 Å². The van der Waals surface area contributed by atoms with Crippen LogP contribution in [0.5, 0.6) is 17.4 Å². The molecule has 0 spiro atoms. The Labute approximate surface area is 214 Å². The molecule has 0 aliphatic carbocycles. The first-order valence-electron chi connectivity index (χ1n) is 11.3. The molecule has 1 aromatic carbocycles. The van der Waals surface area contributed by atoms with Gasteiger partial charge in [0.15, 0.2) is 5.82 Å². The number of sulfonamides is 1. The van der Waals surface area contributed by atoms with Crippen LogP contribution in [0.4, 0.5) is 5.95 Å². The van der Waals surface area contributed by atoms with Crippen LogP contribution in [-0.2, 0) is 10.0 Å². The van der Waals surface area contributed by atoms with Crippen molar-refractivity contribution < 1.29 is 22.6 Å². The predicted octanol–water partition coefficient (Wildman–Crippen LogP) is 3.08. The molecule has 0 saturated heterocycles. The van der Waals surface area contributed by atoms with Crippen molar-refractivity contribution in [3.63, 3.8) is 0 Å². The molecule has 4 aromatic rings. The molecule has 0 aliphatic rings. The van der Waals surface area contributed by atoms with Crippen molar-refractivity contribution in [3.05, 3.63) is 60.8 Å². The van der Waals surface area contributed by atoms with Crippen molar-refractivity contribution in [1.29, 1.82) is 0 Å². The van der Waals surface area contributed by atoms with Gasteiger partial charge in [0.2, 0.25) is 21.9 Å². The van der Waals surface area contributed by atoms with Gasteiger partial charge in [-0.05, 0) is 31.2 Å². The van der Waals surface area contributed by atoms with Crippen LogP contribution < -0.4 is 18.9 Å². The second-order valence-electron chi connectivity index (χ2n) is 8.06. The maximum Gasteiger partial charge on any atom is 0.243 e. The van der Waals surface area contributed by atoms with Gasteiger partial charge in [0, 0.05) is 23.9 Å². The summed E-state index contributed by atoms with van der Waals surface area (Å²) >= 11 is 0. The molecule has 0 fully saturated rings. The zero-order valence-electron chi connectivity index (χ0n) is 21.0. The Bertz CT molecular complexity index is 1440. The maximum atomic E-state index is 13.5. The van der Waals surface area contributed by atoms with Crippen LogP contribution in [0.1, 0.15) is 25.5 Å². The third kappa shape index (κ3) is 5.16. The lowest BCUT2D eigenvalue weighted by Crippen LogP contribution is -2.31. The maximum absolute atomic E-state index is 13.5. The third-order valence-electron chi connectivity index (χ3n) is 5.96. The van der Waals surface area contributed by atoms with E-state index in [1.807, 2.05) is 0 Å². The molecular formula is C24H27N7O5S. The van der Waals surface area contributed by atoms with E-state index in [0.717, 1.165) is 0 Å². The fraction of sp³-hybridized carbons (Fsp3) is 0.292. The number of hydrogen-bond acceptors (Lipinski definition) is 10. The van der Waals surface area contributed by atoms with Crippen molar-refractivity contribution in [2.75, 3.05) is 26.1 Å². The molecule has 0 amide bonds. The second kappa shape index (κ2) is 10.8. The number of rotatable bonds is 10. The van der Waals surface area contributed by atoms with Crippen LogP contribution in [0.3, 0.4) is 0 Å². The lowest BCUT2D eigenvalue weighted by molar-refractivity contribution is 0.391. The summed E-state index contributed by atoms with van der Waals surface area (Å²) < 4.78 is 47.4. The number of pyridine rings is 1. The van der Waals surface area contributed by atoms with Crippen molar-refractivity contribution in [3.8, 4) is 34.5 Å². The first kappa shape index (κ1) is 25.8. The van der Waals surface area contributed by atoms with E-state index in [4.69, 9.17) is 14.2 Å². The fourth-order valence-electron chi connectivity index (χ4n) is 3.69. The lowest BCUT2D eigenvalue weighted by Gasteiger charge is -2.21. The molecule has 0 saturated carbocycles. The molecule has 194 valence electrons. The molecule has 3 aromatic heterocycles. The molecule has 37 heavy (non-hydrogen) atoms. The van der Waals surface area contributed by atoms with Crippen LogP contribution in [0, 0.1) is 0 Å². The molecular weight excluding hydrogens is 498 g/mol. The monoisotopic (exact) mass is 525 g/mol. The highest BCUT2D eigenvalue weighted by molar-refractivity contribution is 7.93. The Morgan fingerprint density at radius 3 is 2.19 bits per heavy atom. The van der Waals surface area contributed by atoms with Crippen LogP contribution in [0.2, 0.25) is 0 Å². The van der Waals surface area contributed by atoms with Gasteiger partial charge in [0.05, 0.1) is 44.7 Å². The topological polar surface area (TPSA) is 143 Å². The number of hydrogen-bond donors (Lipinski definition) is 1. The SMILES string of the molecule is COc1cnc([C@H](C)[C@H](C)S(=O)(=O)Nc2nnc(-c3cccnc3)n2-c2c(OC)cccc2OC)cn1. The number of aromatic nitrogens is 6. The molecule has 1 N–H and O–H groups in total. The largest absolute Gasteiger partial charge is 0.494 e. The van der Waals surface area contributed by atoms with Crippen molar-refractivity contribution in [1.82, 2.24) is 29.7 Å². The number of nitrogens with zero attached hydrogens (tertiary/aromatic N) is 6. The Kier molecular flexibility index (Phi) is 7.53. The van der Waals surface area contributed by atoms with Gasteiger partial charge in [-0.3, -0.25) is 19.3 Å². The standard InChI is InChI=1S/C24H27N7O5S/c1-15(18-13-27-21(36-5)14-26-18)16(2)37(32,33)30-24-29-28-23(17-8-7-11-25-12-17)31(24)22-19(34-3)9-6-10-20(22)35-4/h6-16H,1-5H3,(H,29,30)/t15-,16+/m1/s1. The lowest BCUT2D eigenvalue weighted by atomic mass is 10.1. The molecule has 0 radical (unpaired) electrons. The summed E-state index contributed by atoms with van der Waals surface area (Å²) in [6.45, 7) is 3.35. The smallest absolute Gasteiger partial charge is 0.243 e. The van der Waals surface area contributed by atoms with Crippen LogP contribution in [-0.4, -0.2) is 64.7 Å². The number of para-hydroxylation sites is 1. The quantitative estimate of drug-likeness (QED) is 0.328. The molecule has 4 rings (SSSR count). The second-order valence-corrected chi connectivity index (χ2v) is 10.1. The average molecular weight is 526 g/mol. The van der Waals surface area contributed by atoms with Crippen molar-refractivity contribution >= 4 is 16.0 Å². The zero-order valence-corrected chi connectivity index (χ0v) is 21.8. The molecule has 3 heterocycles. The normalized spacial score (nSPS) is 13.0. The Balaban J connectivity index is 1.79. The van der Waals surface area contributed by atoms with Crippen molar-refractivity contribution in [2.45, 2.75) is 25.0 Å². The van der Waals surface area contributed by atoms with E-state index in [1.165, 1.54) is 38.3 Å². The van der Waals surface area contributed by atoms with Crippen LogP contribution in [0.15, 0.2) is 55.1 Å². The molecule has 0 aliphatic heterocycles.